The highest BCUT2D eigenvalue weighted by molar-refractivity contribution is 6.34. The first kappa shape index (κ1) is 20.7. The van der Waals surface area contributed by atoms with Crippen molar-refractivity contribution in [2.75, 3.05) is 13.6 Å². The first-order valence-corrected chi connectivity index (χ1v) is 10.4. The van der Waals surface area contributed by atoms with E-state index in [1.165, 1.54) is 11.9 Å². The van der Waals surface area contributed by atoms with E-state index in [0.29, 0.717) is 22.2 Å². The van der Waals surface area contributed by atoms with Gasteiger partial charge in [-0.2, -0.15) is 0 Å². The number of hydrogen-bond donors (Lipinski definition) is 0. The molecule has 0 saturated carbocycles. The molecule has 2 aliphatic heterocycles. The molecule has 156 valence electrons. The molecule has 0 radical (unpaired) electrons. The summed E-state index contributed by atoms with van der Waals surface area (Å²) in [4.78, 5) is 40.8. The summed E-state index contributed by atoms with van der Waals surface area (Å²) in [5.74, 6) is -0.273. The second kappa shape index (κ2) is 7.60. The van der Waals surface area contributed by atoms with Crippen LogP contribution in [0.4, 0.5) is 4.79 Å². The van der Waals surface area contributed by atoms with E-state index < -0.39 is 0 Å². The van der Waals surface area contributed by atoms with Crippen LogP contribution >= 0.6 is 23.2 Å². The Bertz CT molecular complexity index is 1080. The summed E-state index contributed by atoms with van der Waals surface area (Å²) in [6, 6.07) is 9.10. The Morgan fingerprint density at radius 3 is 2.27 bits per heavy atom. The lowest BCUT2D eigenvalue weighted by atomic mass is 9.99. The molecule has 0 unspecified atom stereocenters. The maximum atomic E-state index is 12.6. The Morgan fingerprint density at radius 2 is 1.67 bits per heavy atom. The molecule has 8 heteroatoms. The predicted octanol–water partition coefficient (Wildman–Crippen LogP) is 4.42. The van der Waals surface area contributed by atoms with Crippen LogP contribution in [0.15, 0.2) is 30.3 Å². The van der Waals surface area contributed by atoms with Gasteiger partial charge < -0.3 is 9.80 Å². The van der Waals surface area contributed by atoms with Gasteiger partial charge in [0.2, 0.25) is 5.91 Å². The fourth-order valence-electron chi connectivity index (χ4n) is 3.85. The average Bonchev–Trinajstić information content (AvgIpc) is 3.15. The zero-order chi connectivity index (χ0) is 21.7. The van der Waals surface area contributed by atoms with Gasteiger partial charge in [-0.1, -0.05) is 35.3 Å². The molecular formula is C22H21Cl2N3O3. The number of carbonyl (C=O) groups excluding carboxylic acids is 3. The number of rotatable bonds is 4. The highest BCUT2D eigenvalue weighted by Crippen LogP contribution is 2.36. The van der Waals surface area contributed by atoms with Crippen molar-refractivity contribution in [2.24, 2.45) is 0 Å². The van der Waals surface area contributed by atoms with Gasteiger partial charge in [-0.3, -0.25) is 14.5 Å². The number of amides is 4. The molecule has 0 aliphatic carbocycles. The SMILES string of the molecule is CC(C)N1Cc2cc(-c3ccc(CN4CC(=O)N(C)C4=O)c(Cl)c3)cc(Cl)c2C1=O. The molecule has 0 aromatic heterocycles. The molecule has 2 heterocycles. The molecule has 30 heavy (non-hydrogen) atoms. The highest BCUT2D eigenvalue weighted by atomic mass is 35.5. The molecule has 4 amide bonds. The number of fused-ring (bicyclic) bond motifs is 1. The van der Waals surface area contributed by atoms with E-state index in [1.54, 1.807) is 11.0 Å². The van der Waals surface area contributed by atoms with Crippen LogP contribution in [0.3, 0.4) is 0 Å². The Hall–Kier alpha value is -2.57. The van der Waals surface area contributed by atoms with Crippen LogP contribution < -0.4 is 0 Å². The van der Waals surface area contributed by atoms with E-state index in [1.807, 2.05) is 38.1 Å². The van der Waals surface area contributed by atoms with E-state index in [4.69, 9.17) is 23.2 Å². The van der Waals surface area contributed by atoms with Crippen molar-refractivity contribution in [1.29, 1.82) is 0 Å². The molecule has 0 spiro atoms. The Labute approximate surface area is 184 Å². The normalized spacial score (nSPS) is 16.3. The fourth-order valence-corrected chi connectivity index (χ4v) is 4.41. The van der Waals surface area contributed by atoms with Gasteiger partial charge in [0.25, 0.3) is 5.91 Å². The van der Waals surface area contributed by atoms with Gasteiger partial charge in [-0.15, -0.1) is 0 Å². The summed E-state index contributed by atoms with van der Waals surface area (Å²) in [6.07, 6.45) is 0. The second-order valence-corrected chi connectivity index (χ2v) is 8.73. The number of halogens is 2. The topological polar surface area (TPSA) is 60.9 Å². The number of likely N-dealkylation sites (N-methyl/N-ethyl adjacent to an activating group) is 1. The minimum atomic E-state index is -0.329. The van der Waals surface area contributed by atoms with Crippen LogP contribution in [-0.2, 0) is 17.9 Å². The lowest BCUT2D eigenvalue weighted by Gasteiger charge is -2.19. The maximum absolute atomic E-state index is 12.6. The third kappa shape index (κ3) is 3.44. The lowest BCUT2D eigenvalue weighted by molar-refractivity contribution is -0.124. The Morgan fingerprint density at radius 1 is 0.967 bits per heavy atom. The van der Waals surface area contributed by atoms with Gasteiger partial charge in [-0.05, 0) is 54.3 Å². The van der Waals surface area contributed by atoms with Crippen molar-refractivity contribution in [2.45, 2.75) is 33.0 Å². The van der Waals surface area contributed by atoms with Gasteiger partial charge >= 0.3 is 6.03 Å². The molecule has 1 fully saturated rings. The summed E-state index contributed by atoms with van der Waals surface area (Å²) in [5, 5.41) is 0.930. The van der Waals surface area contributed by atoms with Crippen LogP contribution in [0, 0.1) is 0 Å². The van der Waals surface area contributed by atoms with E-state index in [2.05, 4.69) is 0 Å². The average molecular weight is 446 g/mol. The van der Waals surface area contributed by atoms with Crippen molar-refractivity contribution < 1.29 is 14.4 Å². The standard InChI is InChI=1S/C22H21Cl2N3O3/c1-12(2)27-10-16-6-15(8-18(24)20(16)21(27)29)13-4-5-14(17(23)7-13)9-26-11-19(28)25(3)22(26)30/h4-8,12H,9-11H2,1-3H3. The molecule has 0 atom stereocenters. The van der Waals surface area contributed by atoms with Crippen molar-refractivity contribution in [3.05, 3.63) is 57.1 Å². The Balaban J connectivity index is 1.61. The van der Waals surface area contributed by atoms with Gasteiger partial charge in [-0.25, -0.2) is 4.79 Å². The van der Waals surface area contributed by atoms with Gasteiger partial charge in [0.1, 0.15) is 6.54 Å². The van der Waals surface area contributed by atoms with Crippen LogP contribution in [-0.4, -0.2) is 52.2 Å². The third-order valence-corrected chi connectivity index (χ3v) is 6.27. The maximum Gasteiger partial charge on any atom is 0.327 e. The van der Waals surface area contributed by atoms with E-state index in [9.17, 15) is 14.4 Å². The van der Waals surface area contributed by atoms with Gasteiger partial charge in [0, 0.05) is 31.2 Å². The third-order valence-electron chi connectivity index (χ3n) is 5.62. The number of nitrogens with zero attached hydrogens (tertiary/aromatic N) is 3. The molecule has 4 rings (SSSR count). The number of hydrogen-bond acceptors (Lipinski definition) is 3. The molecule has 2 aromatic rings. The first-order chi connectivity index (χ1) is 14.2. The summed E-state index contributed by atoms with van der Waals surface area (Å²) in [5.41, 5.74) is 3.96. The van der Waals surface area contributed by atoms with Crippen molar-refractivity contribution in [3.8, 4) is 11.1 Å². The second-order valence-electron chi connectivity index (χ2n) is 7.92. The molecule has 2 aromatic carbocycles. The van der Waals surface area contributed by atoms with Gasteiger partial charge in [0.05, 0.1) is 10.6 Å². The fraction of sp³-hybridized carbons (Fsp3) is 0.318. The van der Waals surface area contributed by atoms with Crippen LogP contribution in [0.1, 0.15) is 35.3 Å². The minimum Gasteiger partial charge on any atom is -0.332 e. The molecule has 0 bridgehead atoms. The van der Waals surface area contributed by atoms with Crippen LogP contribution in [0.2, 0.25) is 10.0 Å². The number of benzene rings is 2. The van der Waals surface area contributed by atoms with E-state index >= 15 is 0 Å². The predicted molar refractivity (Wildman–Crippen MR) is 115 cm³/mol. The summed E-state index contributed by atoms with van der Waals surface area (Å²) >= 11 is 12.9. The summed E-state index contributed by atoms with van der Waals surface area (Å²) in [7, 11) is 1.47. The molecule has 1 saturated heterocycles. The molecular weight excluding hydrogens is 425 g/mol. The van der Waals surface area contributed by atoms with Crippen molar-refractivity contribution >= 4 is 41.0 Å². The number of urea groups is 1. The smallest absolute Gasteiger partial charge is 0.327 e. The quantitative estimate of drug-likeness (QED) is 0.654. The highest BCUT2D eigenvalue weighted by Gasteiger charge is 2.33. The first-order valence-electron chi connectivity index (χ1n) is 9.65. The summed E-state index contributed by atoms with van der Waals surface area (Å²) < 4.78 is 0. The van der Waals surface area contributed by atoms with Gasteiger partial charge in [0.15, 0.2) is 0 Å². The zero-order valence-corrected chi connectivity index (χ0v) is 18.4. The minimum absolute atomic E-state index is 0.0419. The monoisotopic (exact) mass is 445 g/mol. The molecule has 6 nitrogen and oxygen atoms in total. The zero-order valence-electron chi connectivity index (χ0n) is 16.9. The number of imide groups is 1. The summed E-state index contributed by atoms with van der Waals surface area (Å²) in [6.45, 7) is 4.80. The Kier molecular flexibility index (Phi) is 5.24. The van der Waals surface area contributed by atoms with Crippen LogP contribution in [0.25, 0.3) is 11.1 Å². The van der Waals surface area contributed by atoms with Crippen molar-refractivity contribution in [1.82, 2.24) is 14.7 Å². The molecule has 0 N–H and O–H groups in total. The molecule has 2 aliphatic rings. The van der Waals surface area contributed by atoms with Crippen LogP contribution in [0.5, 0.6) is 0 Å². The number of carbonyl (C=O) groups is 3. The largest absolute Gasteiger partial charge is 0.332 e. The lowest BCUT2D eigenvalue weighted by Crippen LogP contribution is -2.30. The van der Waals surface area contributed by atoms with E-state index in [0.717, 1.165) is 27.2 Å². The van der Waals surface area contributed by atoms with E-state index in [-0.39, 0.29) is 37.0 Å². The van der Waals surface area contributed by atoms with Crippen molar-refractivity contribution in [3.63, 3.8) is 0 Å².